The molecule has 86 valence electrons. The van der Waals surface area contributed by atoms with Crippen LogP contribution in [0.25, 0.3) is 6.08 Å². The van der Waals surface area contributed by atoms with Crippen LogP contribution in [0.2, 0.25) is 0 Å². The van der Waals surface area contributed by atoms with Crippen LogP contribution in [0.1, 0.15) is 15.9 Å². The van der Waals surface area contributed by atoms with Crippen LogP contribution < -0.4 is 15.2 Å². The van der Waals surface area contributed by atoms with Gasteiger partial charge in [0.15, 0.2) is 17.8 Å². The highest BCUT2D eigenvalue weighted by molar-refractivity contribution is 5.83. The van der Waals surface area contributed by atoms with Crippen molar-refractivity contribution in [1.82, 2.24) is 0 Å². The van der Waals surface area contributed by atoms with E-state index in [2.05, 4.69) is 0 Å². The zero-order valence-corrected chi connectivity index (χ0v) is 9.40. The molecule has 0 fully saturated rings. The van der Waals surface area contributed by atoms with Crippen molar-refractivity contribution in [3.63, 3.8) is 0 Å². The highest BCUT2D eigenvalue weighted by Crippen LogP contribution is 2.30. The van der Waals surface area contributed by atoms with Gasteiger partial charge in [0.2, 0.25) is 0 Å². The van der Waals surface area contributed by atoms with E-state index in [1.165, 1.54) is 7.11 Å². The molecule has 0 aliphatic carbocycles. The molecule has 0 unspecified atom stereocenters. The van der Waals surface area contributed by atoms with Crippen molar-refractivity contribution < 1.29 is 14.3 Å². The van der Waals surface area contributed by atoms with E-state index in [1.54, 1.807) is 31.4 Å². The van der Waals surface area contributed by atoms with Crippen molar-refractivity contribution in [2.45, 2.75) is 0 Å². The summed E-state index contributed by atoms with van der Waals surface area (Å²) < 4.78 is 10.3. The Hall–Kier alpha value is -1.81. The number of nitrogens with two attached hydrogens (primary N) is 1. The number of methoxy groups -OCH3 is 2. The minimum absolute atomic E-state index is 0.423. The predicted molar refractivity (Wildman–Crippen MR) is 63.0 cm³/mol. The summed E-state index contributed by atoms with van der Waals surface area (Å²) in [6, 6.07) is 3.39. The lowest BCUT2D eigenvalue weighted by Gasteiger charge is -2.09. The molecule has 0 amide bonds. The van der Waals surface area contributed by atoms with Gasteiger partial charge in [-0.2, -0.15) is 0 Å². The average Bonchev–Trinajstić information content (AvgIpc) is 2.35. The van der Waals surface area contributed by atoms with E-state index in [0.717, 1.165) is 11.8 Å². The molecule has 1 aromatic rings. The fraction of sp³-hybridized carbons (Fsp3) is 0.250. The molecule has 0 aliphatic rings. The summed E-state index contributed by atoms with van der Waals surface area (Å²) in [6.45, 7) is 0.423. The quantitative estimate of drug-likeness (QED) is 0.765. The Morgan fingerprint density at radius 1 is 1.19 bits per heavy atom. The molecule has 0 atom stereocenters. The largest absolute Gasteiger partial charge is 0.493 e. The molecule has 0 aliphatic heterocycles. The molecule has 0 radical (unpaired) electrons. The second kappa shape index (κ2) is 5.92. The van der Waals surface area contributed by atoms with Gasteiger partial charge in [0.05, 0.1) is 14.2 Å². The number of ether oxygens (including phenoxy) is 2. The van der Waals surface area contributed by atoms with Crippen LogP contribution in [0.4, 0.5) is 0 Å². The Morgan fingerprint density at radius 2 is 1.75 bits per heavy atom. The molecule has 0 spiro atoms. The summed E-state index contributed by atoms with van der Waals surface area (Å²) in [4.78, 5) is 10.9. The molecule has 0 bridgehead atoms. The molecule has 0 saturated carbocycles. The summed E-state index contributed by atoms with van der Waals surface area (Å²) in [7, 11) is 3.08. The molecular formula is C12H15NO3. The first-order chi connectivity index (χ1) is 7.76. The number of aldehydes is 1. The lowest BCUT2D eigenvalue weighted by molar-refractivity contribution is 0.112. The lowest BCUT2D eigenvalue weighted by Crippen LogP contribution is -1.96. The molecule has 1 aromatic carbocycles. The second-order valence-corrected chi connectivity index (χ2v) is 3.09. The summed E-state index contributed by atoms with van der Waals surface area (Å²) in [5.41, 5.74) is 6.67. The van der Waals surface area contributed by atoms with Crippen molar-refractivity contribution in [3.05, 3.63) is 29.3 Å². The van der Waals surface area contributed by atoms with E-state index in [1.807, 2.05) is 0 Å². The Labute approximate surface area is 94.7 Å². The maximum atomic E-state index is 10.9. The van der Waals surface area contributed by atoms with E-state index >= 15 is 0 Å². The van der Waals surface area contributed by atoms with Gasteiger partial charge in [-0.3, -0.25) is 4.79 Å². The van der Waals surface area contributed by atoms with E-state index < -0.39 is 0 Å². The lowest BCUT2D eigenvalue weighted by atomic mass is 10.1. The third-order valence-electron chi connectivity index (χ3n) is 2.15. The van der Waals surface area contributed by atoms with Crippen molar-refractivity contribution in [2.24, 2.45) is 5.73 Å². The highest BCUT2D eigenvalue weighted by atomic mass is 16.5. The first-order valence-corrected chi connectivity index (χ1v) is 4.84. The number of carbonyl (C=O) groups excluding carboxylic acids is 1. The van der Waals surface area contributed by atoms with Gasteiger partial charge in [-0.25, -0.2) is 0 Å². The fourth-order valence-corrected chi connectivity index (χ4v) is 1.35. The third-order valence-corrected chi connectivity index (χ3v) is 2.15. The van der Waals surface area contributed by atoms with Crippen LogP contribution in [0.3, 0.4) is 0 Å². The van der Waals surface area contributed by atoms with E-state index in [9.17, 15) is 4.79 Å². The summed E-state index contributed by atoms with van der Waals surface area (Å²) >= 11 is 0. The smallest absolute Gasteiger partial charge is 0.161 e. The standard InChI is InChI=1S/C12H15NO3/c1-15-11-6-9(4-3-5-13)10(8-14)7-12(11)16-2/h3-4,6-8H,5,13H2,1-2H3/b4-3+. The fourth-order valence-electron chi connectivity index (χ4n) is 1.35. The van der Waals surface area contributed by atoms with Crippen molar-refractivity contribution >= 4 is 12.4 Å². The van der Waals surface area contributed by atoms with E-state index in [4.69, 9.17) is 15.2 Å². The molecule has 4 heteroatoms. The molecule has 0 heterocycles. The highest BCUT2D eigenvalue weighted by Gasteiger charge is 2.08. The maximum Gasteiger partial charge on any atom is 0.161 e. The molecule has 2 N–H and O–H groups in total. The monoisotopic (exact) mass is 221 g/mol. The first kappa shape index (κ1) is 12.3. The van der Waals surface area contributed by atoms with Gasteiger partial charge in [-0.15, -0.1) is 0 Å². The molecule has 1 rings (SSSR count). The SMILES string of the molecule is COc1cc(C=O)c(/C=C/CN)cc1OC. The predicted octanol–water partition coefficient (Wildman–Crippen LogP) is 1.49. The molecule has 0 saturated heterocycles. The number of benzene rings is 1. The van der Waals surface area contributed by atoms with E-state index in [0.29, 0.717) is 23.6 Å². The van der Waals surface area contributed by atoms with E-state index in [-0.39, 0.29) is 0 Å². The van der Waals surface area contributed by atoms with Crippen LogP contribution in [0.15, 0.2) is 18.2 Å². The number of hydrogen-bond donors (Lipinski definition) is 1. The number of hydrogen-bond acceptors (Lipinski definition) is 4. The van der Waals surface area contributed by atoms with Crippen LogP contribution in [0.5, 0.6) is 11.5 Å². The number of carbonyl (C=O) groups is 1. The van der Waals surface area contributed by atoms with Gasteiger partial charge in [0, 0.05) is 12.1 Å². The van der Waals surface area contributed by atoms with Crippen LogP contribution >= 0.6 is 0 Å². The van der Waals surface area contributed by atoms with Crippen LogP contribution in [-0.4, -0.2) is 27.1 Å². The third kappa shape index (κ3) is 2.61. The Balaban J connectivity index is 3.25. The minimum Gasteiger partial charge on any atom is -0.493 e. The number of rotatable bonds is 5. The van der Waals surface area contributed by atoms with Crippen molar-refractivity contribution in [1.29, 1.82) is 0 Å². The van der Waals surface area contributed by atoms with Crippen molar-refractivity contribution in [2.75, 3.05) is 20.8 Å². The normalized spacial score (nSPS) is 10.4. The zero-order chi connectivity index (χ0) is 12.0. The van der Waals surface area contributed by atoms with Crippen LogP contribution in [-0.2, 0) is 0 Å². The van der Waals surface area contributed by atoms with Gasteiger partial charge in [-0.05, 0) is 17.7 Å². The molecule has 16 heavy (non-hydrogen) atoms. The van der Waals surface area contributed by atoms with Crippen LogP contribution in [0, 0.1) is 0 Å². The topological polar surface area (TPSA) is 61.5 Å². The average molecular weight is 221 g/mol. The first-order valence-electron chi connectivity index (χ1n) is 4.84. The summed E-state index contributed by atoms with van der Waals surface area (Å²) in [5, 5.41) is 0. The molecular weight excluding hydrogens is 206 g/mol. The van der Waals surface area contributed by atoms with Gasteiger partial charge in [0.25, 0.3) is 0 Å². The maximum absolute atomic E-state index is 10.9. The Kier molecular flexibility index (Phi) is 4.54. The van der Waals surface area contributed by atoms with Crippen molar-refractivity contribution in [3.8, 4) is 11.5 Å². The molecule has 4 nitrogen and oxygen atoms in total. The summed E-state index contributed by atoms with van der Waals surface area (Å²) in [5.74, 6) is 1.12. The Bertz CT molecular complexity index is 399. The summed E-state index contributed by atoms with van der Waals surface area (Å²) in [6.07, 6.45) is 4.33. The van der Waals surface area contributed by atoms with Gasteiger partial charge < -0.3 is 15.2 Å². The minimum atomic E-state index is 0.423. The second-order valence-electron chi connectivity index (χ2n) is 3.09. The zero-order valence-electron chi connectivity index (χ0n) is 9.40. The molecule has 0 aromatic heterocycles. The van der Waals surface area contributed by atoms with Gasteiger partial charge in [0.1, 0.15) is 0 Å². The Morgan fingerprint density at radius 3 is 2.19 bits per heavy atom. The van der Waals surface area contributed by atoms with Gasteiger partial charge >= 0.3 is 0 Å². The van der Waals surface area contributed by atoms with Gasteiger partial charge in [-0.1, -0.05) is 12.2 Å².